The third-order valence-corrected chi connectivity index (χ3v) is 5.32. The van der Waals surface area contributed by atoms with Gasteiger partial charge in [-0.1, -0.05) is 12.1 Å². The third kappa shape index (κ3) is 5.11. The normalized spacial score (nSPS) is 13.2. The van der Waals surface area contributed by atoms with Crippen LogP contribution in [0, 0.1) is 0 Å². The number of hydrogen-bond acceptors (Lipinski definition) is 6. The molecule has 7 heteroatoms. The average molecular weight is 434 g/mol. The lowest BCUT2D eigenvalue weighted by molar-refractivity contribution is -0.116. The van der Waals surface area contributed by atoms with Gasteiger partial charge in [0, 0.05) is 30.6 Å². The molecule has 7 nitrogen and oxygen atoms in total. The number of rotatable bonds is 9. The van der Waals surface area contributed by atoms with Gasteiger partial charge in [0.1, 0.15) is 23.7 Å². The number of ether oxygens (including phenoxy) is 2. The molecule has 2 heterocycles. The molecule has 0 unspecified atom stereocenters. The first-order valence-electron chi connectivity index (χ1n) is 10.7. The van der Waals surface area contributed by atoms with Crippen LogP contribution in [0.2, 0.25) is 0 Å². The van der Waals surface area contributed by atoms with Crippen molar-refractivity contribution in [2.75, 3.05) is 38.3 Å². The van der Waals surface area contributed by atoms with Crippen molar-refractivity contribution in [1.82, 2.24) is 5.32 Å². The zero-order chi connectivity index (χ0) is 22.3. The van der Waals surface area contributed by atoms with Gasteiger partial charge in [-0.25, -0.2) is 4.79 Å². The number of carbonyl (C=O) groups excluding carboxylic acids is 2. The van der Waals surface area contributed by atoms with Crippen molar-refractivity contribution >= 4 is 28.5 Å². The number of hydrogen-bond donors (Lipinski definition) is 1. The summed E-state index contributed by atoms with van der Waals surface area (Å²) in [4.78, 5) is 25.8. The van der Waals surface area contributed by atoms with Gasteiger partial charge in [0.15, 0.2) is 0 Å². The van der Waals surface area contributed by atoms with Gasteiger partial charge in [0.2, 0.25) is 5.91 Å². The van der Waals surface area contributed by atoms with E-state index in [1.807, 2.05) is 12.1 Å². The molecule has 0 atom stereocenters. The van der Waals surface area contributed by atoms with Crippen molar-refractivity contribution in [3.63, 3.8) is 0 Å². The topological polar surface area (TPSA) is 81.0 Å². The summed E-state index contributed by atoms with van der Waals surface area (Å²) in [7, 11) is 1.34. The van der Waals surface area contributed by atoms with Gasteiger partial charge in [-0.05, 0) is 55.0 Å². The van der Waals surface area contributed by atoms with Gasteiger partial charge in [-0.2, -0.15) is 0 Å². The molecule has 1 aromatic heterocycles. The minimum atomic E-state index is -0.394. The molecule has 1 fully saturated rings. The lowest BCUT2D eigenvalue weighted by Gasteiger charge is -2.33. The molecular weight excluding hydrogens is 408 g/mol. The van der Waals surface area contributed by atoms with E-state index in [1.54, 1.807) is 30.3 Å². The molecule has 1 saturated heterocycles. The smallest absolute Gasteiger partial charge is 0.337 e. The van der Waals surface area contributed by atoms with Crippen molar-refractivity contribution in [2.24, 2.45) is 0 Å². The van der Waals surface area contributed by atoms with Crippen molar-refractivity contribution in [3.05, 3.63) is 72.0 Å². The Morgan fingerprint density at radius 3 is 2.69 bits per heavy atom. The lowest BCUT2D eigenvalue weighted by Crippen LogP contribution is -2.36. The second-order valence-corrected chi connectivity index (χ2v) is 7.50. The van der Waals surface area contributed by atoms with E-state index < -0.39 is 5.97 Å². The molecule has 0 radical (unpaired) electrons. The van der Waals surface area contributed by atoms with Crippen LogP contribution in [0.4, 0.5) is 5.69 Å². The van der Waals surface area contributed by atoms with Gasteiger partial charge >= 0.3 is 5.97 Å². The summed E-state index contributed by atoms with van der Waals surface area (Å²) < 4.78 is 16.2. The Morgan fingerprint density at radius 1 is 1.16 bits per heavy atom. The summed E-state index contributed by atoms with van der Waals surface area (Å²) in [5, 5.41) is 3.90. The highest BCUT2D eigenvalue weighted by Crippen LogP contribution is 2.32. The Hall–Kier alpha value is -3.74. The van der Waals surface area contributed by atoms with Crippen molar-refractivity contribution in [3.8, 4) is 5.75 Å². The first-order valence-corrected chi connectivity index (χ1v) is 10.7. The quantitative estimate of drug-likeness (QED) is 0.314. The zero-order valence-electron chi connectivity index (χ0n) is 18.0. The number of fused-ring (bicyclic) bond motifs is 1. The number of nitrogens with one attached hydrogen (secondary N) is 1. The molecule has 0 bridgehead atoms. The summed E-state index contributed by atoms with van der Waals surface area (Å²) in [5.74, 6) is 0.863. The molecular formula is C25H26N2O5. The molecule has 1 aliphatic rings. The fourth-order valence-corrected chi connectivity index (χ4v) is 3.52. The summed E-state index contributed by atoms with van der Waals surface area (Å²) in [6.07, 6.45) is 5.08. The molecule has 1 aliphatic heterocycles. The van der Waals surface area contributed by atoms with Crippen LogP contribution in [-0.4, -0.2) is 45.2 Å². The predicted molar refractivity (Wildman–Crippen MR) is 122 cm³/mol. The van der Waals surface area contributed by atoms with Crippen molar-refractivity contribution < 1.29 is 23.5 Å². The van der Waals surface area contributed by atoms with Gasteiger partial charge in [0.25, 0.3) is 0 Å². The van der Waals surface area contributed by atoms with Crippen LogP contribution in [0.25, 0.3) is 11.0 Å². The standard InChI is InChI=1S/C25H26N2O5/c1-30-25(29)18-9-11-19(12-10-18)31-16-13-26-24(28)8-2-5-20-17-21-22(27-14-4-15-27)6-3-7-23(21)32-20/h2-3,6-12,17H,4-5,13-16H2,1H3,(H,26,28). The summed E-state index contributed by atoms with van der Waals surface area (Å²) in [5.41, 5.74) is 2.55. The highest BCUT2D eigenvalue weighted by atomic mass is 16.5. The lowest BCUT2D eigenvalue weighted by atomic mass is 10.1. The number of allylic oxidation sites excluding steroid dienone is 1. The molecule has 2 aromatic carbocycles. The van der Waals surface area contributed by atoms with Gasteiger partial charge in [0.05, 0.1) is 19.2 Å². The Morgan fingerprint density at radius 2 is 1.97 bits per heavy atom. The maximum atomic E-state index is 12.0. The van der Waals surface area contributed by atoms with Crippen molar-refractivity contribution in [2.45, 2.75) is 12.8 Å². The minimum absolute atomic E-state index is 0.188. The molecule has 1 amide bonds. The number of methoxy groups -OCH3 is 1. The zero-order valence-corrected chi connectivity index (χ0v) is 18.0. The van der Waals surface area contributed by atoms with E-state index in [0.717, 1.165) is 29.8 Å². The number of nitrogens with zero attached hydrogens (tertiary/aromatic N) is 1. The van der Waals surface area contributed by atoms with Crippen LogP contribution in [0.3, 0.4) is 0 Å². The van der Waals surface area contributed by atoms with Crippen LogP contribution in [-0.2, 0) is 16.0 Å². The molecule has 0 saturated carbocycles. The highest BCUT2D eigenvalue weighted by Gasteiger charge is 2.18. The molecule has 32 heavy (non-hydrogen) atoms. The molecule has 1 N–H and O–H groups in total. The second-order valence-electron chi connectivity index (χ2n) is 7.50. The third-order valence-electron chi connectivity index (χ3n) is 5.32. The van der Waals surface area contributed by atoms with E-state index >= 15 is 0 Å². The Labute approximate surface area is 186 Å². The van der Waals surface area contributed by atoms with E-state index in [4.69, 9.17) is 9.15 Å². The molecule has 166 valence electrons. The first-order chi connectivity index (χ1) is 15.6. The van der Waals surface area contributed by atoms with Gasteiger partial charge in [-0.3, -0.25) is 4.79 Å². The number of esters is 1. The van der Waals surface area contributed by atoms with Gasteiger partial charge in [-0.15, -0.1) is 0 Å². The first kappa shape index (κ1) is 21.5. The number of furan rings is 1. The summed E-state index contributed by atoms with van der Waals surface area (Å²) in [6.45, 7) is 2.86. The number of amides is 1. The average Bonchev–Trinajstić information content (AvgIpc) is 3.19. The Bertz CT molecular complexity index is 1110. The van der Waals surface area contributed by atoms with Crippen LogP contribution in [0.5, 0.6) is 5.75 Å². The monoisotopic (exact) mass is 434 g/mol. The molecule has 3 aromatic rings. The molecule has 0 aliphatic carbocycles. The SMILES string of the molecule is COC(=O)c1ccc(OCCNC(=O)C=CCc2cc3c(N4CCC4)cccc3o2)cc1. The minimum Gasteiger partial charge on any atom is -0.492 e. The van der Waals surface area contributed by atoms with Crippen LogP contribution in [0.1, 0.15) is 22.5 Å². The predicted octanol–water partition coefficient (Wildman–Crippen LogP) is 3.72. The van der Waals surface area contributed by atoms with Crippen LogP contribution >= 0.6 is 0 Å². The number of benzene rings is 2. The molecule has 0 spiro atoms. The Kier molecular flexibility index (Phi) is 6.75. The Balaban J connectivity index is 1.21. The van der Waals surface area contributed by atoms with Crippen LogP contribution in [0.15, 0.2) is 65.1 Å². The summed E-state index contributed by atoms with van der Waals surface area (Å²) >= 11 is 0. The van der Waals surface area contributed by atoms with E-state index in [1.165, 1.54) is 25.3 Å². The van der Waals surface area contributed by atoms with Gasteiger partial charge < -0.3 is 24.1 Å². The fraction of sp³-hybridized carbons (Fsp3) is 0.280. The maximum Gasteiger partial charge on any atom is 0.337 e. The second kappa shape index (κ2) is 10.0. The van der Waals surface area contributed by atoms with E-state index in [2.05, 4.69) is 27.1 Å². The fourth-order valence-electron chi connectivity index (χ4n) is 3.52. The maximum absolute atomic E-state index is 12.0. The van der Waals surface area contributed by atoms with E-state index in [0.29, 0.717) is 30.9 Å². The van der Waals surface area contributed by atoms with E-state index in [9.17, 15) is 9.59 Å². The number of carbonyl (C=O) groups is 2. The molecule has 4 rings (SSSR count). The number of anilines is 1. The summed E-state index contributed by atoms with van der Waals surface area (Å²) in [6, 6.07) is 14.8. The van der Waals surface area contributed by atoms with Crippen LogP contribution < -0.4 is 15.0 Å². The van der Waals surface area contributed by atoms with E-state index in [-0.39, 0.29) is 5.91 Å². The largest absolute Gasteiger partial charge is 0.492 e. The highest BCUT2D eigenvalue weighted by molar-refractivity contribution is 5.92. The van der Waals surface area contributed by atoms with Crippen molar-refractivity contribution in [1.29, 1.82) is 0 Å².